The number of amides is 1. The quantitative estimate of drug-likeness (QED) is 0.579. The molecule has 1 amide bonds. The number of carbonyl (C=O) groups excluding carboxylic acids is 1. The zero-order chi connectivity index (χ0) is 12.7. The summed E-state index contributed by atoms with van der Waals surface area (Å²) in [7, 11) is 0. The van der Waals surface area contributed by atoms with Crippen LogP contribution >= 0.6 is 0 Å². The highest BCUT2D eigenvalue weighted by atomic mass is 16.3. The lowest BCUT2D eigenvalue weighted by Gasteiger charge is -2.19. The Kier molecular flexibility index (Phi) is 5.31. The zero-order valence-corrected chi connectivity index (χ0v) is 9.62. The Bertz CT molecular complexity index is 377. The fourth-order valence-electron chi connectivity index (χ4n) is 1.34. The zero-order valence-electron chi connectivity index (χ0n) is 9.62. The first-order chi connectivity index (χ1) is 8.21. The van der Waals surface area contributed by atoms with Crippen LogP contribution in [0.25, 0.3) is 0 Å². The number of rotatable bonds is 7. The van der Waals surface area contributed by atoms with Gasteiger partial charge in [-0.05, 0) is 0 Å². The minimum Gasteiger partial charge on any atom is -0.395 e. The van der Waals surface area contributed by atoms with Gasteiger partial charge in [-0.2, -0.15) is 0 Å². The van der Waals surface area contributed by atoms with Crippen molar-refractivity contribution in [2.24, 2.45) is 5.73 Å². The van der Waals surface area contributed by atoms with E-state index >= 15 is 0 Å². The third-order valence-corrected chi connectivity index (χ3v) is 2.16. The van der Waals surface area contributed by atoms with Crippen LogP contribution in [0.3, 0.4) is 0 Å². The summed E-state index contributed by atoms with van der Waals surface area (Å²) in [6.07, 6.45) is 3.24. The molecule has 17 heavy (non-hydrogen) atoms. The Hall–Kier alpha value is -1.73. The first-order valence-corrected chi connectivity index (χ1v) is 5.29. The molecule has 3 N–H and O–H groups in total. The Morgan fingerprint density at radius 2 is 2.47 bits per heavy atom. The predicted octanol–water partition coefficient (Wildman–Crippen LogP) is -1.26. The molecule has 0 aliphatic heterocycles. The standard InChI is InChI=1S/C10H17N5O2/c1-2-3-14(4-5-16)10(17)8-15-7-9(6-11)12-13-15/h2,7,16H,1,3-6,8,11H2. The van der Waals surface area contributed by atoms with Gasteiger partial charge in [0.15, 0.2) is 0 Å². The maximum Gasteiger partial charge on any atom is 0.244 e. The van der Waals surface area contributed by atoms with Gasteiger partial charge in [-0.25, -0.2) is 4.68 Å². The summed E-state index contributed by atoms with van der Waals surface area (Å²) >= 11 is 0. The number of aliphatic hydroxyl groups excluding tert-OH is 1. The van der Waals surface area contributed by atoms with Crippen LogP contribution in [0.2, 0.25) is 0 Å². The average molecular weight is 239 g/mol. The summed E-state index contributed by atoms with van der Waals surface area (Å²) in [5.74, 6) is -0.146. The van der Waals surface area contributed by atoms with Gasteiger partial charge in [-0.15, -0.1) is 11.7 Å². The first-order valence-electron chi connectivity index (χ1n) is 5.29. The lowest BCUT2D eigenvalue weighted by molar-refractivity contribution is -0.132. The summed E-state index contributed by atoms with van der Waals surface area (Å²) in [5, 5.41) is 16.4. The summed E-state index contributed by atoms with van der Waals surface area (Å²) < 4.78 is 1.43. The monoisotopic (exact) mass is 239 g/mol. The topological polar surface area (TPSA) is 97.3 Å². The molecule has 1 aromatic rings. The number of hydrogen-bond donors (Lipinski definition) is 2. The Morgan fingerprint density at radius 1 is 1.71 bits per heavy atom. The van der Waals surface area contributed by atoms with Crippen LogP contribution in [0, 0.1) is 0 Å². The van der Waals surface area contributed by atoms with Crippen LogP contribution in [0.4, 0.5) is 0 Å². The molecule has 0 atom stereocenters. The van der Waals surface area contributed by atoms with E-state index in [0.29, 0.717) is 18.8 Å². The molecule has 1 aromatic heterocycles. The Morgan fingerprint density at radius 3 is 3.00 bits per heavy atom. The third-order valence-electron chi connectivity index (χ3n) is 2.16. The molecular formula is C10H17N5O2. The molecule has 94 valence electrons. The van der Waals surface area contributed by atoms with Gasteiger partial charge in [0.05, 0.1) is 18.5 Å². The van der Waals surface area contributed by atoms with Gasteiger partial charge >= 0.3 is 0 Å². The first kappa shape index (κ1) is 13.3. The van der Waals surface area contributed by atoms with E-state index in [-0.39, 0.29) is 25.6 Å². The van der Waals surface area contributed by atoms with Crippen molar-refractivity contribution in [3.8, 4) is 0 Å². The smallest absolute Gasteiger partial charge is 0.244 e. The number of aliphatic hydroxyl groups is 1. The summed E-state index contributed by atoms with van der Waals surface area (Å²) in [6, 6.07) is 0. The fourth-order valence-corrected chi connectivity index (χ4v) is 1.34. The molecule has 0 aliphatic rings. The minimum atomic E-state index is -0.146. The van der Waals surface area contributed by atoms with Gasteiger partial charge in [0.25, 0.3) is 0 Å². The van der Waals surface area contributed by atoms with E-state index < -0.39 is 0 Å². The minimum absolute atomic E-state index is 0.0784. The summed E-state index contributed by atoms with van der Waals surface area (Å²) in [6.45, 7) is 4.54. The van der Waals surface area contributed by atoms with Crippen LogP contribution in [0.5, 0.6) is 0 Å². The molecule has 0 bridgehead atoms. The normalized spacial score (nSPS) is 10.2. The average Bonchev–Trinajstić information content (AvgIpc) is 2.76. The number of nitrogens with zero attached hydrogens (tertiary/aromatic N) is 4. The van der Waals surface area contributed by atoms with Crippen molar-refractivity contribution in [2.45, 2.75) is 13.1 Å². The highest BCUT2D eigenvalue weighted by molar-refractivity contribution is 5.76. The third kappa shape index (κ3) is 3.97. The van der Waals surface area contributed by atoms with E-state index in [2.05, 4.69) is 16.9 Å². The SMILES string of the molecule is C=CCN(CCO)C(=O)Cn1cc(CN)nn1. The Labute approximate surface area is 99.5 Å². The maximum atomic E-state index is 11.8. The van der Waals surface area contributed by atoms with Crippen molar-refractivity contribution in [1.29, 1.82) is 0 Å². The highest BCUT2D eigenvalue weighted by Gasteiger charge is 2.12. The molecule has 0 aromatic carbocycles. The van der Waals surface area contributed by atoms with Crippen molar-refractivity contribution in [3.63, 3.8) is 0 Å². The second kappa shape index (κ2) is 6.77. The van der Waals surface area contributed by atoms with Crippen LogP contribution < -0.4 is 5.73 Å². The molecule has 0 saturated heterocycles. The van der Waals surface area contributed by atoms with Gasteiger partial charge in [0.1, 0.15) is 6.54 Å². The molecule has 0 aliphatic carbocycles. The van der Waals surface area contributed by atoms with Gasteiger partial charge in [0.2, 0.25) is 5.91 Å². The van der Waals surface area contributed by atoms with E-state index in [1.807, 2.05) is 0 Å². The Balaban J connectivity index is 2.58. The van der Waals surface area contributed by atoms with Crippen LogP contribution in [0.1, 0.15) is 5.69 Å². The molecule has 7 heteroatoms. The predicted molar refractivity (Wildman–Crippen MR) is 61.8 cm³/mol. The molecule has 0 saturated carbocycles. The number of nitrogens with two attached hydrogens (primary N) is 1. The van der Waals surface area contributed by atoms with E-state index in [1.165, 1.54) is 9.58 Å². The van der Waals surface area contributed by atoms with E-state index in [0.717, 1.165) is 0 Å². The van der Waals surface area contributed by atoms with Crippen molar-refractivity contribution < 1.29 is 9.90 Å². The van der Waals surface area contributed by atoms with E-state index in [4.69, 9.17) is 10.8 Å². The van der Waals surface area contributed by atoms with Gasteiger partial charge in [-0.3, -0.25) is 4.79 Å². The van der Waals surface area contributed by atoms with Crippen LogP contribution in [-0.4, -0.2) is 50.6 Å². The van der Waals surface area contributed by atoms with Crippen molar-refractivity contribution in [3.05, 3.63) is 24.5 Å². The van der Waals surface area contributed by atoms with Crippen molar-refractivity contribution in [1.82, 2.24) is 19.9 Å². The van der Waals surface area contributed by atoms with Gasteiger partial charge < -0.3 is 15.7 Å². The molecule has 1 heterocycles. The molecule has 1 rings (SSSR count). The number of aromatic nitrogens is 3. The lowest BCUT2D eigenvalue weighted by Crippen LogP contribution is -2.36. The van der Waals surface area contributed by atoms with Gasteiger partial charge in [-0.1, -0.05) is 11.3 Å². The van der Waals surface area contributed by atoms with E-state index in [9.17, 15) is 4.79 Å². The highest BCUT2D eigenvalue weighted by Crippen LogP contribution is 1.96. The largest absolute Gasteiger partial charge is 0.395 e. The van der Waals surface area contributed by atoms with Crippen LogP contribution in [-0.2, 0) is 17.9 Å². The van der Waals surface area contributed by atoms with Crippen LogP contribution in [0.15, 0.2) is 18.9 Å². The second-order valence-corrected chi connectivity index (χ2v) is 3.46. The second-order valence-electron chi connectivity index (χ2n) is 3.46. The number of carbonyl (C=O) groups is 1. The summed E-state index contributed by atoms with van der Waals surface area (Å²) in [5.41, 5.74) is 6.03. The molecular weight excluding hydrogens is 222 g/mol. The van der Waals surface area contributed by atoms with Crippen molar-refractivity contribution >= 4 is 5.91 Å². The van der Waals surface area contributed by atoms with Crippen molar-refractivity contribution in [2.75, 3.05) is 19.7 Å². The van der Waals surface area contributed by atoms with Gasteiger partial charge in [0, 0.05) is 19.6 Å². The lowest BCUT2D eigenvalue weighted by atomic mass is 10.4. The molecule has 0 fully saturated rings. The molecule has 7 nitrogen and oxygen atoms in total. The molecule has 0 radical (unpaired) electrons. The number of hydrogen-bond acceptors (Lipinski definition) is 5. The molecule has 0 unspecified atom stereocenters. The van der Waals surface area contributed by atoms with E-state index in [1.54, 1.807) is 12.3 Å². The summed E-state index contributed by atoms with van der Waals surface area (Å²) in [4.78, 5) is 13.3. The fraction of sp³-hybridized carbons (Fsp3) is 0.500. The maximum absolute atomic E-state index is 11.8. The molecule has 0 spiro atoms.